The number of hydrogen-bond acceptors (Lipinski definition) is 2. The third kappa shape index (κ3) is 2.76. The molecule has 88 valence electrons. The molecule has 0 bridgehead atoms. The molecule has 0 N–H and O–H groups in total. The Bertz CT molecular complexity index is 328. The summed E-state index contributed by atoms with van der Waals surface area (Å²) in [6, 6.07) is 8.70. The van der Waals surface area contributed by atoms with E-state index in [0.717, 1.165) is 31.2 Å². The summed E-state index contributed by atoms with van der Waals surface area (Å²) in [5.41, 5.74) is 1.36. The van der Waals surface area contributed by atoms with Crippen molar-refractivity contribution in [3.8, 4) is 0 Å². The van der Waals surface area contributed by atoms with Gasteiger partial charge in [0.2, 0.25) is 0 Å². The molecule has 16 heavy (non-hydrogen) atoms. The van der Waals surface area contributed by atoms with Gasteiger partial charge < -0.3 is 4.90 Å². The Morgan fingerprint density at radius 2 is 1.62 bits per heavy atom. The van der Waals surface area contributed by atoms with Crippen molar-refractivity contribution >= 4 is 11.6 Å². The number of rotatable bonds is 2. The molecule has 0 radical (unpaired) electrons. The highest BCUT2D eigenvalue weighted by Gasteiger charge is 2.19. The molecule has 0 aliphatic carbocycles. The largest absolute Gasteiger partial charge is 0.304 e. The van der Waals surface area contributed by atoms with Crippen LogP contribution in [0.4, 0.5) is 0 Å². The smallest absolute Gasteiger partial charge is 0.0406 e. The van der Waals surface area contributed by atoms with Gasteiger partial charge >= 0.3 is 0 Å². The van der Waals surface area contributed by atoms with E-state index in [9.17, 15) is 0 Å². The van der Waals surface area contributed by atoms with Gasteiger partial charge in [-0.25, -0.2) is 0 Å². The minimum Gasteiger partial charge on any atom is -0.304 e. The van der Waals surface area contributed by atoms with Crippen LogP contribution in [0.1, 0.15) is 18.5 Å². The van der Waals surface area contributed by atoms with Crippen molar-refractivity contribution in [2.24, 2.45) is 0 Å². The van der Waals surface area contributed by atoms with Gasteiger partial charge in [-0.05, 0) is 31.7 Å². The van der Waals surface area contributed by atoms with E-state index in [4.69, 9.17) is 11.6 Å². The number of likely N-dealkylation sites (N-methyl/N-ethyl adjacent to an activating group) is 1. The predicted octanol–water partition coefficient (Wildman–Crippen LogP) is 2.65. The van der Waals surface area contributed by atoms with Crippen molar-refractivity contribution in [3.63, 3.8) is 0 Å². The summed E-state index contributed by atoms with van der Waals surface area (Å²) in [6.45, 7) is 6.91. The Morgan fingerprint density at radius 1 is 1.06 bits per heavy atom. The van der Waals surface area contributed by atoms with Gasteiger partial charge in [0.25, 0.3) is 0 Å². The standard InChI is InChI=1S/C13H19ClN2/c1-11(12-3-5-13(14)6-4-12)16-9-7-15(2)8-10-16/h3-6,11H,7-10H2,1-2H3. The number of piperazine rings is 1. The van der Waals surface area contributed by atoms with Crippen molar-refractivity contribution < 1.29 is 0 Å². The minimum atomic E-state index is 0.492. The van der Waals surface area contributed by atoms with E-state index in [1.54, 1.807) is 0 Å². The first kappa shape index (κ1) is 11.9. The Kier molecular flexibility index (Phi) is 3.85. The number of halogens is 1. The molecule has 2 nitrogen and oxygen atoms in total. The molecule has 1 aliphatic heterocycles. The topological polar surface area (TPSA) is 6.48 Å². The monoisotopic (exact) mass is 238 g/mol. The van der Waals surface area contributed by atoms with Crippen molar-refractivity contribution in [1.82, 2.24) is 9.80 Å². The average Bonchev–Trinajstić information content (AvgIpc) is 2.30. The molecular formula is C13H19ClN2. The summed E-state index contributed by atoms with van der Waals surface area (Å²) < 4.78 is 0. The number of nitrogens with zero attached hydrogens (tertiary/aromatic N) is 2. The summed E-state index contributed by atoms with van der Waals surface area (Å²) >= 11 is 5.90. The van der Waals surface area contributed by atoms with Crippen LogP contribution in [0.3, 0.4) is 0 Å². The lowest BCUT2D eigenvalue weighted by Crippen LogP contribution is -2.45. The van der Waals surface area contributed by atoms with Crippen molar-refractivity contribution in [1.29, 1.82) is 0 Å². The zero-order chi connectivity index (χ0) is 11.5. The second-order valence-corrected chi connectivity index (χ2v) is 5.00. The van der Waals surface area contributed by atoms with Crippen LogP contribution in [0.5, 0.6) is 0 Å². The second-order valence-electron chi connectivity index (χ2n) is 4.57. The van der Waals surface area contributed by atoms with Crippen LogP contribution in [0.25, 0.3) is 0 Å². The summed E-state index contributed by atoms with van der Waals surface area (Å²) in [5.74, 6) is 0. The van der Waals surface area contributed by atoms with Gasteiger partial charge in [-0.2, -0.15) is 0 Å². The SMILES string of the molecule is CC(c1ccc(Cl)cc1)N1CCN(C)CC1. The van der Waals surface area contributed by atoms with Crippen LogP contribution in [0.2, 0.25) is 5.02 Å². The third-order valence-electron chi connectivity index (χ3n) is 3.44. The van der Waals surface area contributed by atoms with E-state index in [-0.39, 0.29) is 0 Å². The highest BCUT2D eigenvalue weighted by atomic mass is 35.5. The summed E-state index contributed by atoms with van der Waals surface area (Å²) in [7, 11) is 2.18. The van der Waals surface area contributed by atoms with Gasteiger partial charge in [0.1, 0.15) is 0 Å². The molecule has 1 aromatic carbocycles. The van der Waals surface area contributed by atoms with Crippen molar-refractivity contribution in [2.45, 2.75) is 13.0 Å². The lowest BCUT2D eigenvalue weighted by Gasteiger charge is -2.36. The van der Waals surface area contributed by atoms with E-state index in [2.05, 4.69) is 35.9 Å². The lowest BCUT2D eigenvalue weighted by molar-refractivity contribution is 0.119. The minimum absolute atomic E-state index is 0.492. The maximum absolute atomic E-state index is 5.90. The first-order valence-electron chi connectivity index (χ1n) is 5.85. The van der Waals surface area contributed by atoms with Crippen LogP contribution in [-0.4, -0.2) is 43.0 Å². The fourth-order valence-corrected chi connectivity index (χ4v) is 2.29. The summed E-state index contributed by atoms with van der Waals surface area (Å²) in [5, 5.41) is 0.814. The molecule has 1 aromatic rings. The molecule has 3 heteroatoms. The zero-order valence-corrected chi connectivity index (χ0v) is 10.7. The summed E-state index contributed by atoms with van der Waals surface area (Å²) in [6.07, 6.45) is 0. The maximum atomic E-state index is 5.90. The fraction of sp³-hybridized carbons (Fsp3) is 0.538. The lowest BCUT2D eigenvalue weighted by atomic mass is 10.1. The zero-order valence-electron chi connectivity index (χ0n) is 9.99. The van der Waals surface area contributed by atoms with Crippen LogP contribution >= 0.6 is 11.6 Å². The van der Waals surface area contributed by atoms with Gasteiger partial charge in [-0.15, -0.1) is 0 Å². The molecule has 1 unspecified atom stereocenters. The molecule has 1 atom stereocenters. The van der Waals surface area contributed by atoms with Crippen LogP contribution in [0, 0.1) is 0 Å². The third-order valence-corrected chi connectivity index (χ3v) is 3.69. The Morgan fingerprint density at radius 3 is 2.19 bits per heavy atom. The molecule has 1 saturated heterocycles. The van der Waals surface area contributed by atoms with Crippen LogP contribution in [-0.2, 0) is 0 Å². The Balaban J connectivity index is 2.01. The molecule has 0 aromatic heterocycles. The van der Waals surface area contributed by atoms with E-state index in [1.165, 1.54) is 5.56 Å². The van der Waals surface area contributed by atoms with E-state index < -0.39 is 0 Å². The molecule has 0 saturated carbocycles. The van der Waals surface area contributed by atoms with Gasteiger partial charge in [0, 0.05) is 37.2 Å². The van der Waals surface area contributed by atoms with E-state index >= 15 is 0 Å². The molecule has 1 heterocycles. The van der Waals surface area contributed by atoms with Crippen LogP contribution in [0.15, 0.2) is 24.3 Å². The number of benzene rings is 1. The van der Waals surface area contributed by atoms with Gasteiger partial charge in [0.05, 0.1) is 0 Å². The van der Waals surface area contributed by atoms with Crippen LogP contribution < -0.4 is 0 Å². The molecule has 1 fully saturated rings. The molecular weight excluding hydrogens is 220 g/mol. The molecule has 2 rings (SSSR count). The highest BCUT2D eigenvalue weighted by Crippen LogP contribution is 2.22. The van der Waals surface area contributed by atoms with E-state index in [0.29, 0.717) is 6.04 Å². The molecule has 0 spiro atoms. The first-order valence-corrected chi connectivity index (χ1v) is 6.22. The van der Waals surface area contributed by atoms with Crippen molar-refractivity contribution in [2.75, 3.05) is 33.2 Å². The Labute approximate surface area is 103 Å². The normalized spacial score (nSPS) is 20.9. The maximum Gasteiger partial charge on any atom is 0.0406 e. The van der Waals surface area contributed by atoms with Gasteiger partial charge in [-0.1, -0.05) is 23.7 Å². The van der Waals surface area contributed by atoms with Crippen molar-refractivity contribution in [3.05, 3.63) is 34.9 Å². The summed E-state index contributed by atoms with van der Waals surface area (Å²) in [4.78, 5) is 4.91. The quantitative estimate of drug-likeness (QED) is 0.782. The molecule has 1 aliphatic rings. The number of hydrogen-bond donors (Lipinski definition) is 0. The predicted molar refractivity (Wildman–Crippen MR) is 68.9 cm³/mol. The Hall–Kier alpha value is -0.570. The first-order chi connectivity index (χ1) is 7.66. The second kappa shape index (κ2) is 5.17. The van der Waals surface area contributed by atoms with Gasteiger partial charge in [-0.3, -0.25) is 4.90 Å². The fourth-order valence-electron chi connectivity index (χ4n) is 2.16. The average molecular weight is 239 g/mol. The van der Waals surface area contributed by atoms with Gasteiger partial charge in [0.15, 0.2) is 0 Å². The van der Waals surface area contributed by atoms with E-state index in [1.807, 2.05) is 12.1 Å². The molecule has 0 amide bonds. The highest BCUT2D eigenvalue weighted by molar-refractivity contribution is 6.30.